The zero-order chi connectivity index (χ0) is 7.68. The lowest BCUT2D eigenvalue weighted by molar-refractivity contribution is 0.808. The molecular weight excluding hydrogens is 136 g/mol. The predicted octanol–water partition coefficient (Wildman–Crippen LogP) is 1.14. The molecule has 1 saturated carbocycles. The van der Waals surface area contributed by atoms with Gasteiger partial charge in [0.25, 0.3) is 0 Å². The van der Waals surface area contributed by atoms with Crippen LogP contribution in [0.25, 0.3) is 0 Å². The van der Waals surface area contributed by atoms with Crippen LogP contribution in [0.3, 0.4) is 0 Å². The Hall–Kier alpha value is -0.890. The van der Waals surface area contributed by atoms with Gasteiger partial charge in [-0.25, -0.2) is 0 Å². The third kappa shape index (κ3) is 1.26. The van der Waals surface area contributed by atoms with Crippen molar-refractivity contribution in [3.8, 4) is 0 Å². The number of pyridine rings is 1. The first-order chi connectivity index (χ1) is 5.42. The van der Waals surface area contributed by atoms with Gasteiger partial charge in [-0.2, -0.15) is 0 Å². The third-order valence-electron chi connectivity index (χ3n) is 2.34. The summed E-state index contributed by atoms with van der Waals surface area (Å²) in [6, 6.07) is 4.12. The summed E-state index contributed by atoms with van der Waals surface area (Å²) < 4.78 is 0. The first kappa shape index (κ1) is 6.80. The van der Waals surface area contributed by atoms with Gasteiger partial charge in [0, 0.05) is 12.4 Å². The normalized spacial score (nSPS) is 28.5. The quantitative estimate of drug-likeness (QED) is 0.683. The summed E-state index contributed by atoms with van der Waals surface area (Å²) in [6.45, 7) is 0.819. The van der Waals surface area contributed by atoms with Gasteiger partial charge in [-0.3, -0.25) is 4.98 Å². The summed E-state index contributed by atoms with van der Waals surface area (Å²) >= 11 is 0. The minimum absolute atomic E-state index is 0.702. The fraction of sp³-hybridized carbons (Fsp3) is 0.444. The van der Waals surface area contributed by atoms with Crippen LogP contribution in [0.15, 0.2) is 24.5 Å². The topological polar surface area (TPSA) is 38.9 Å². The molecule has 0 bridgehead atoms. The number of nitrogens with zero attached hydrogens (tertiary/aromatic N) is 1. The molecule has 0 aromatic carbocycles. The molecule has 2 rings (SSSR count). The zero-order valence-corrected chi connectivity index (χ0v) is 6.40. The van der Waals surface area contributed by atoms with Crippen molar-refractivity contribution in [2.75, 3.05) is 6.54 Å². The van der Waals surface area contributed by atoms with Gasteiger partial charge in [0.15, 0.2) is 0 Å². The molecule has 1 fully saturated rings. The van der Waals surface area contributed by atoms with Crippen molar-refractivity contribution in [3.05, 3.63) is 30.1 Å². The van der Waals surface area contributed by atoms with Gasteiger partial charge in [-0.15, -0.1) is 0 Å². The molecule has 2 nitrogen and oxygen atoms in total. The highest BCUT2D eigenvalue weighted by Crippen LogP contribution is 2.46. The molecule has 1 aromatic heterocycles. The maximum Gasteiger partial charge on any atom is 0.0302 e. The molecule has 2 heteroatoms. The van der Waals surface area contributed by atoms with Gasteiger partial charge in [-0.1, -0.05) is 6.07 Å². The minimum atomic E-state index is 0.702. The molecule has 0 radical (unpaired) electrons. The van der Waals surface area contributed by atoms with Crippen LogP contribution in [0.4, 0.5) is 0 Å². The largest absolute Gasteiger partial charge is 0.330 e. The second-order valence-electron chi connectivity index (χ2n) is 3.12. The van der Waals surface area contributed by atoms with Gasteiger partial charge in [0.1, 0.15) is 0 Å². The van der Waals surface area contributed by atoms with E-state index >= 15 is 0 Å². The molecule has 1 aromatic rings. The third-order valence-corrected chi connectivity index (χ3v) is 2.34. The summed E-state index contributed by atoms with van der Waals surface area (Å²) in [5, 5.41) is 0. The van der Waals surface area contributed by atoms with Crippen molar-refractivity contribution in [1.82, 2.24) is 4.98 Å². The van der Waals surface area contributed by atoms with E-state index in [1.54, 1.807) is 0 Å². The Labute approximate surface area is 66.4 Å². The second-order valence-corrected chi connectivity index (χ2v) is 3.12. The average molecular weight is 148 g/mol. The van der Waals surface area contributed by atoms with Gasteiger partial charge >= 0.3 is 0 Å². The average Bonchev–Trinajstić information content (AvgIpc) is 2.85. The maximum atomic E-state index is 5.54. The molecule has 0 amide bonds. The molecule has 0 spiro atoms. The van der Waals surface area contributed by atoms with Crippen molar-refractivity contribution in [2.24, 2.45) is 11.7 Å². The van der Waals surface area contributed by atoms with Gasteiger partial charge < -0.3 is 5.73 Å². The van der Waals surface area contributed by atoms with Crippen molar-refractivity contribution in [3.63, 3.8) is 0 Å². The monoisotopic (exact) mass is 148 g/mol. The SMILES string of the molecule is NC[C@H]1C[C@H]1c1cccnc1. The summed E-state index contributed by atoms with van der Waals surface area (Å²) in [5.74, 6) is 1.42. The van der Waals surface area contributed by atoms with Crippen LogP contribution >= 0.6 is 0 Å². The molecule has 11 heavy (non-hydrogen) atoms. The van der Waals surface area contributed by atoms with Crippen LogP contribution in [-0.2, 0) is 0 Å². The van der Waals surface area contributed by atoms with E-state index in [2.05, 4.69) is 11.1 Å². The fourth-order valence-corrected chi connectivity index (χ4v) is 1.51. The van der Waals surface area contributed by atoms with Crippen LogP contribution in [0.2, 0.25) is 0 Å². The standard InChI is InChI=1S/C9H12N2/c10-5-8-4-9(8)7-2-1-3-11-6-7/h1-3,6,8-9H,4-5,10H2/t8-,9+/m1/s1. The van der Waals surface area contributed by atoms with Gasteiger partial charge in [0.2, 0.25) is 0 Å². The number of nitrogens with two attached hydrogens (primary N) is 1. The number of rotatable bonds is 2. The molecule has 2 atom stereocenters. The summed E-state index contributed by atoms with van der Waals surface area (Å²) in [6.07, 6.45) is 5.01. The Balaban J connectivity index is 2.09. The minimum Gasteiger partial charge on any atom is -0.330 e. The Morgan fingerprint density at radius 3 is 3.09 bits per heavy atom. The Bertz CT molecular complexity index is 233. The molecule has 0 saturated heterocycles. The molecule has 1 aliphatic carbocycles. The summed E-state index contributed by atoms with van der Waals surface area (Å²) in [4.78, 5) is 4.07. The van der Waals surface area contributed by atoms with Crippen LogP contribution in [-0.4, -0.2) is 11.5 Å². The van der Waals surface area contributed by atoms with E-state index in [-0.39, 0.29) is 0 Å². The summed E-state index contributed by atoms with van der Waals surface area (Å²) in [5.41, 5.74) is 6.89. The fourth-order valence-electron chi connectivity index (χ4n) is 1.51. The van der Waals surface area contributed by atoms with E-state index in [0.717, 1.165) is 12.5 Å². The maximum absolute atomic E-state index is 5.54. The van der Waals surface area contributed by atoms with Gasteiger partial charge in [0.05, 0.1) is 0 Å². The van der Waals surface area contributed by atoms with Crippen molar-refractivity contribution in [1.29, 1.82) is 0 Å². The van der Waals surface area contributed by atoms with E-state index in [4.69, 9.17) is 5.73 Å². The van der Waals surface area contributed by atoms with E-state index < -0.39 is 0 Å². The van der Waals surface area contributed by atoms with E-state index in [1.165, 1.54) is 12.0 Å². The van der Waals surface area contributed by atoms with E-state index in [0.29, 0.717) is 5.92 Å². The van der Waals surface area contributed by atoms with Crippen LogP contribution in [0.5, 0.6) is 0 Å². The lowest BCUT2D eigenvalue weighted by Crippen LogP contribution is -2.01. The van der Waals surface area contributed by atoms with Crippen molar-refractivity contribution < 1.29 is 0 Å². The molecule has 58 valence electrons. The number of hydrogen-bond donors (Lipinski definition) is 1. The number of aromatic nitrogens is 1. The smallest absolute Gasteiger partial charge is 0.0302 e. The Morgan fingerprint density at radius 1 is 1.64 bits per heavy atom. The highest BCUT2D eigenvalue weighted by molar-refractivity contribution is 5.22. The highest BCUT2D eigenvalue weighted by Gasteiger charge is 2.36. The molecule has 0 aliphatic heterocycles. The molecular formula is C9H12N2. The predicted molar refractivity (Wildman–Crippen MR) is 44.1 cm³/mol. The van der Waals surface area contributed by atoms with Crippen LogP contribution in [0, 0.1) is 5.92 Å². The first-order valence-corrected chi connectivity index (χ1v) is 4.02. The van der Waals surface area contributed by atoms with Crippen LogP contribution in [0.1, 0.15) is 17.9 Å². The number of hydrogen-bond acceptors (Lipinski definition) is 2. The van der Waals surface area contributed by atoms with E-state index in [1.807, 2.05) is 18.5 Å². The van der Waals surface area contributed by atoms with Gasteiger partial charge in [-0.05, 0) is 36.4 Å². The lowest BCUT2D eigenvalue weighted by atomic mass is 10.1. The first-order valence-electron chi connectivity index (χ1n) is 4.02. The molecule has 1 heterocycles. The Kier molecular flexibility index (Phi) is 1.62. The molecule has 2 N–H and O–H groups in total. The Morgan fingerprint density at radius 2 is 2.55 bits per heavy atom. The van der Waals surface area contributed by atoms with Crippen molar-refractivity contribution in [2.45, 2.75) is 12.3 Å². The van der Waals surface area contributed by atoms with Crippen LogP contribution < -0.4 is 5.73 Å². The van der Waals surface area contributed by atoms with E-state index in [9.17, 15) is 0 Å². The lowest BCUT2D eigenvalue weighted by Gasteiger charge is -1.95. The zero-order valence-electron chi connectivity index (χ0n) is 6.40. The van der Waals surface area contributed by atoms with Crippen molar-refractivity contribution >= 4 is 0 Å². The second kappa shape index (κ2) is 2.62. The highest BCUT2D eigenvalue weighted by atomic mass is 14.6. The molecule has 0 unspecified atom stereocenters. The summed E-state index contributed by atoms with van der Waals surface area (Å²) in [7, 11) is 0. The molecule has 1 aliphatic rings.